The van der Waals surface area contributed by atoms with Crippen molar-refractivity contribution in [3.63, 3.8) is 0 Å². The standard InChI is InChI=1S/C8H18N2O/c1-7(11)8-9(2)5-4-6-10(8)3/h7-8,11H,4-6H2,1-3H3. The number of rotatable bonds is 1. The van der Waals surface area contributed by atoms with Crippen molar-refractivity contribution in [1.29, 1.82) is 0 Å². The number of likely N-dealkylation sites (N-methyl/N-ethyl adjacent to an activating group) is 2. The first kappa shape index (κ1) is 8.97. The summed E-state index contributed by atoms with van der Waals surface area (Å²) in [5.41, 5.74) is 0. The first-order chi connectivity index (χ1) is 5.13. The lowest BCUT2D eigenvalue weighted by Gasteiger charge is -2.41. The molecule has 1 N–H and O–H groups in total. The molecular weight excluding hydrogens is 140 g/mol. The van der Waals surface area contributed by atoms with Crippen molar-refractivity contribution in [1.82, 2.24) is 9.80 Å². The highest BCUT2D eigenvalue weighted by molar-refractivity contribution is 4.77. The van der Waals surface area contributed by atoms with Gasteiger partial charge in [-0.15, -0.1) is 0 Å². The first-order valence-electron chi connectivity index (χ1n) is 4.21. The summed E-state index contributed by atoms with van der Waals surface area (Å²) in [6.07, 6.45) is 1.16. The molecule has 0 bridgehead atoms. The van der Waals surface area contributed by atoms with E-state index in [-0.39, 0.29) is 12.3 Å². The predicted octanol–water partition coefficient (Wildman–Crippen LogP) is -0.0394. The largest absolute Gasteiger partial charge is 0.390 e. The van der Waals surface area contributed by atoms with E-state index in [1.165, 1.54) is 6.42 Å². The van der Waals surface area contributed by atoms with E-state index in [1.54, 1.807) is 0 Å². The van der Waals surface area contributed by atoms with Crippen molar-refractivity contribution in [3.8, 4) is 0 Å². The van der Waals surface area contributed by atoms with Crippen LogP contribution >= 0.6 is 0 Å². The molecule has 1 heterocycles. The van der Waals surface area contributed by atoms with Crippen LogP contribution in [0.3, 0.4) is 0 Å². The van der Waals surface area contributed by atoms with Gasteiger partial charge in [0.05, 0.1) is 12.3 Å². The Bertz CT molecular complexity index is 117. The molecule has 0 spiro atoms. The van der Waals surface area contributed by atoms with Crippen molar-refractivity contribution in [3.05, 3.63) is 0 Å². The second kappa shape index (κ2) is 3.52. The third-order valence-corrected chi connectivity index (χ3v) is 2.36. The summed E-state index contributed by atoms with van der Waals surface area (Å²) in [6.45, 7) is 4.04. The normalized spacial score (nSPS) is 27.3. The Labute approximate surface area is 68.6 Å². The quantitative estimate of drug-likeness (QED) is 0.580. The number of hydrogen-bond donors (Lipinski definition) is 1. The molecule has 3 heteroatoms. The molecule has 1 fully saturated rings. The zero-order chi connectivity index (χ0) is 8.43. The molecule has 0 saturated carbocycles. The minimum atomic E-state index is -0.259. The van der Waals surface area contributed by atoms with Gasteiger partial charge in [-0.25, -0.2) is 0 Å². The maximum Gasteiger partial charge on any atom is 0.0882 e. The summed E-state index contributed by atoms with van der Waals surface area (Å²) in [7, 11) is 4.13. The number of nitrogens with zero attached hydrogens (tertiary/aromatic N) is 2. The van der Waals surface area contributed by atoms with Gasteiger partial charge in [0.25, 0.3) is 0 Å². The third kappa shape index (κ3) is 1.92. The van der Waals surface area contributed by atoms with Crippen LogP contribution in [0.25, 0.3) is 0 Å². The minimum absolute atomic E-state index is 0.212. The van der Waals surface area contributed by atoms with Gasteiger partial charge in [0.1, 0.15) is 0 Å². The first-order valence-corrected chi connectivity index (χ1v) is 4.21. The molecule has 0 aromatic carbocycles. The molecule has 0 aromatic heterocycles. The Morgan fingerprint density at radius 3 is 2.00 bits per heavy atom. The highest BCUT2D eigenvalue weighted by Crippen LogP contribution is 2.12. The van der Waals surface area contributed by atoms with Crippen LogP contribution in [0.1, 0.15) is 13.3 Å². The minimum Gasteiger partial charge on any atom is -0.390 e. The van der Waals surface area contributed by atoms with Gasteiger partial charge >= 0.3 is 0 Å². The lowest BCUT2D eigenvalue weighted by atomic mass is 10.2. The Morgan fingerprint density at radius 2 is 1.73 bits per heavy atom. The lowest BCUT2D eigenvalue weighted by molar-refractivity contribution is -0.0396. The maximum absolute atomic E-state index is 9.43. The molecule has 1 saturated heterocycles. The Morgan fingerprint density at radius 1 is 1.27 bits per heavy atom. The van der Waals surface area contributed by atoms with Gasteiger partial charge in [0, 0.05) is 13.1 Å². The fourth-order valence-corrected chi connectivity index (χ4v) is 1.91. The second-order valence-electron chi connectivity index (χ2n) is 3.47. The lowest BCUT2D eigenvalue weighted by Crippen LogP contribution is -2.55. The van der Waals surface area contributed by atoms with Crippen LogP contribution < -0.4 is 0 Å². The van der Waals surface area contributed by atoms with Crippen molar-refractivity contribution in [2.24, 2.45) is 0 Å². The van der Waals surface area contributed by atoms with Gasteiger partial charge in [-0.2, -0.15) is 0 Å². The Balaban J connectivity index is 2.55. The molecule has 11 heavy (non-hydrogen) atoms. The summed E-state index contributed by atoms with van der Waals surface area (Å²) in [5.74, 6) is 0. The molecule has 3 nitrogen and oxygen atoms in total. The van der Waals surface area contributed by atoms with E-state index in [4.69, 9.17) is 0 Å². The maximum atomic E-state index is 9.43. The van der Waals surface area contributed by atoms with E-state index >= 15 is 0 Å². The molecule has 0 radical (unpaired) electrons. The van der Waals surface area contributed by atoms with E-state index in [0.29, 0.717) is 0 Å². The van der Waals surface area contributed by atoms with Crippen LogP contribution in [0.5, 0.6) is 0 Å². The number of aliphatic hydroxyl groups is 1. The van der Waals surface area contributed by atoms with Crippen LogP contribution in [0, 0.1) is 0 Å². The molecule has 0 aromatic rings. The average Bonchev–Trinajstić information content (AvgIpc) is 1.85. The van der Waals surface area contributed by atoms with Crippen LogP contribution in [0.2, 0.25) is 0 Å². The second-order valence-corrected chi connectivity index (χ2v) is 3.47. The highest BCUT2D eigenvalue weighted by atomic mass is 16.3. The van der Waals surface area contributed by atoms with Gasteiger partial charge in [-0.3, -0.25) is 9.80 Å². The third-order valence-electron chi connectivity index (χ3n) is 2.36. The van der Waals surface area contributed by atoms with Gasteiger partial charge in [0.15, 0.2) is 0 Å². The van der Waals surface area contributed by atoms with Gasteiger partial charge < -0.3 is 5.11 Å². The van der Waals surface area contributed by atoms with Crippen molar-refractivity contribution in [2.75, 3.05) is 27.2 Å². The van der Waals surface area contributed by atoms with Crippen molar-refractivity contribution in [2.45, 2.75) is 25.6 Å². The predicted molar refractivity (Wildman–Crippen MR) is 45.3 cm³/mol. The summed E-state index contributed by atoms with van der Waals surface area (Å²) >= 11 is 0. The molecule has 0 aliphatic carbocycles. The van der Waals surface area contributed by atoms with Gasteiger partial charge in [-0.1, -0.05) is 0 Å². The summed E-state index contributed by atoms with van der Waals surface area (Å²) in [5, 5.41) is 9.43. The summed E-state index contributed by atoms with van der Waals surface area (Å²) in [6, 6.07) is 0. The summed E-state index contributed by atoms with van der Waals surface area (Å²) < 4.78 is 0. The van der Waals surface area contributed by atoms with E-state index in [1.807, 2.05) is 6.92 Å². The van der Waals surface area contributed by atoms with Gasteiger partial charge in [-0.05, 0) is 27.4 Å². The fourth-order valence-electron chi connectivity index (χ4n) is 1.91. The molecule has 66 valence electrons. The Kier molecular flexibility index (Phi) is 2.87. The van der Waals surface area contributed by atoms with Crippen molar-refractivity contribution >= 4 is 0 Å². The van der Waals surface area contributed by atoms with Crippen molar-refractivity contribution < 1.29 is 5.11 Å². The molecule has 1 aliphatic heterocycles. The molecule has 1 rings (SSSR count). The van der Waals surface area contributed by atoms with Crippen LogP contribution in [0.15, 0.2) is 0 Å². The van der Waals surface area contributed by atoms with E-state index in [0.717, 1.165) is 13.1 Å². The van der Waals surface area contributed by atoms with Crippen LogP contribution in [0.4, 0.5) is 0 Å². The molecule has 0 amide bonds. The molecule has 1 atom stereocenters. The van der Waals surface area contributed by atoms with E-state index in [9.17, 15) is 5.11 Å². The smallest absolute Gasteiger partial charge is 0.0882 e. The zero-order valence-electron chi connectivity index (χ0n) is 7.62. The molecule has 1 unspecified atom stereocenters. The van der Waals surface area contributed by atoms with E-state index < -0.39 is 0 Å². The average molecular weight is 158 g/mol. The van der Waals surface area contributed by atoms with Gasteiger partial charge in [0.2, 0.25) is 0 Å². The Hall–Kier alpha value is -0.120. The number of aliphatic hydroxyl groups excluding tert-OH is 1. The summed E-state index contributed by atoms with van der Waals surface area (Å²) in [4.78, 5) is 4.41. The molecular formula is C8H18N2O. The van der Waals surface area contributed by atoms with Crippen LogP contribution in [-0.4, -0.2) is 54.4 Å². The topological polar surface area (TPSA) is 26.7 Å². The number of hydrogen-bond acceptors (Lipinski definition) is 3. The highest BCUT2D eigenvalue weighted by Gasteiger charge is 2.27. The van der Waals surface area contributed by atoms with E-state index in [2.05, 4.69) is 23.9 Å². The van der Waals surface area contributed by atoms with Crippen LogP contribution in [-0.2, 0) is 0 Å². The zero-order valence-corrected chi connectivity index (χ0v) is 7.62. The molecule has 1 aliphatic rings. The SMILES string of the molecule is CC(O)C1N(C)CCCN1C. The fraction of sp³-hybridized carbons (Fsp3) is 1.00. The monoisotopic (exact) mass is 158 g/mol.